The molecule has 0 aliphatic carbocycles. The number of aromatic nitrogens is 1. The van der Waals surface area contributed by atoms with E-state index in [0.717, 1.165) is 0 Å². The Morgan fingerprint density at radius 1 is 1.14 bits per heavy atom. The molecule has 0 bridgehead atoms. The predicted octanol–water partition coefficient (Wildman–Crippen LogP) is 3.38. The Bertz CT molecular complexity index is 811. The van der Waals surface area contributed by atoms with Gasteiger partial charge in [0.2, 0.25) is 0 Å². The van der Waals surface area contributed by atoms with Crippen molar-refractivity contribution in [2.24, 2.45) is 0 Å². The molecule has 0 spiro atoms. The van der Waals surface area contributed by atoms with E-state index in [9.17, 15) is 13.6 Å². The number of fused-ring (bicyclic) bond motifs is 1. The molecule has 2 aromatic carbocycles. The molecule has 0 atom stereocenters. The van der Waals surface area contributed by atoms with Gasteiger partial charge in [-0.05, 0) is 24.3 Å². The van der Waals surface area contributed by atoms with E-state index in [4.69, 9.17) is 0 Å². The molecule has 2 N–H and O–H groups in total. The maximum Gasteiger partial charge on any atom is 0.253 e. The normalized spacial score (nSPS) is 10.8. The predicted molar refractivity (Wildman–Crippen MR) is 75.8 cm³/mol. The lowest BCUT2D eigenvalue weighted by Crippen LogP contribution is -2.23. The van der Waals surface area contributed by atoms with Gasteiger partial charge in [-0.15, -0.1) is 0 Å². The van der Waals surface area contributed by atoms with E-state index in [0.29, 0.717) is 22.0 Å². The van der Waals surface area contributed by atoms with Gasteiger partial charge in [0.15, 0.2) is 0 Å². The molecule has 1 heterocycles. The number of rotatable bonds is 3. The summed E-state index contributed by atoms with van der Waals surface area (Å²) in [4.78, 5) is 15.0. The molecule has 3 rings (SSSR count). The van der Waals surface area contributed by atoms with Gasteiger partial charge in [0.05, 0.1) is 5.56 Å². The number of halogens is 2. The number of carbonyl (C=O) groups is 1. The van der Waals surface area contributed by atoms with Gasteiger partial charge in [0.25, 0.3) is 5.91 Å². The first kappa shape index (κ1) is 13.3. The molecular weight excluding hydrogens is 274 g/mol. The van der Waals surface area contributed by atoms with Gasteiger partial charge in [-0.3, -0.25) is 4.79 Å². The zero-order valence-electron chi connectivity index (χ0n) is 11.0. The third-order valence-electron chi connectivity index (χ3n) is 3.29. The third kappa shape index (κ3) is 2.63. The van der Waals surface area contributed by atoms with Crippen LogP contribution in [0.3, 0.4) is 0 Å². The first-order valence-electron chi connectivity index (χ1n) is 6.43. The second-order valence-electron chi connectivity index (χ2n) is 4.67. The van der Waals surface area contributed by atoms with E-state index in [1.54, 1.807) is 24.3 Å². The lowest BCUT2D eigenvalue weighted by Gasteiger charge is -2.05. The fraction of sp³-hybridized carbons (Fsp3) is 0.0625. The van der Waals surface area contributed by atoms with Gasteiger partial charge in [0.1, 0.15) is 11.6 Å². The minimum Gasteiger partial charge on any atom is -0.360 e. The number of benzene rings is 2. The van der Waals surface area contributed by atoms with Gasteiger partial charge in [0, 0.05) is 29.2 Å². The molecular formula is C16H12F2N2O. The Morgan fingerprint density at radius 2 is 1.95 bits per heavy atom. The molecule has 1 aromatic heterocycles. The smallest absolute Gasteiger partial charge is 0.253 e. The highest BCUT2D eigenvalue weighted by molar-refractivity contribution is 6.06. The number of hydrogen-bond acceptors (Lipinski definition) is 1. The number of aromatic amines is 1. The zero-order valence-corrected chi connectivity index (χ0v) is 11.0. The van der Waals surface area contributed by atoms with Crippen LogP contribution < -0.4 is 5.32 Å². The van der Waals surface area contributed by atoms with Crippen molar-refractivity contribution in [2.75, 3.05) is 0 Å². The summed E-state index contributed by atoms with van der Waals surface area (Å²) in [7, 11) is 0. The second-order valence-corrected chi connectivity index (χ2v) is 4.67. The van der Waals surface area contributed by atoms with Gasteiger partial charge in [-0.1, -0.05) is 18.2 Å². The maximum absolute atomic E-state index is 13.5. The first-order chi connectivity index (χ1) is 10.1. The largest absolute Gasteiger partial charge is 0.360 e. The van der Waals surface area contributed by atoms with Crippen molar-refractivity contribution in [1.29, 1.82) is 0 Å². The van der Waals surface area contributed by atoms with E-state index in [-0.39, 0.29) is 24.1 Å². The maximum atomic E-state index is 13.5. The van der Waals surface area contributed by atoms with Crippen molar-refractivity contribution >= 4 is 16.8 Å². The lowest BCUT2D eigenvalue weighted by molar-refractivity contribution is 0.0952. The molecule has 1 amide bonds. The molecule has 0 unspecified atom stereocenters. The van der Waals surface area contributed by atoms with Crippen molar-refractivity contribution in [3.05, 3.63) is 71.4 Å². The summed E-state index contributed by atoms with van der Waals surface area (Å²) in [6.07, 6.45) is 1.51. The Labute approximate surface area is 119 Å². The van der Waals surface area contributed by atoms with Crippen LogP contribution in [-0.4, -0.2) is 10.9 Å². The van der Waals surface area contributed by atoms with Crippen molar-refractivity contribution in [2.45, 2.75) is 6.54 Å². The van der Waals surface area contributed by atoms with Crippen molar-refractivity contribution in [1.82, 2.24) is 10.3 Å². The highest BCUT2D eigenvalue weighted by atomic mass is 19.1. The summed E-state index contributed by atoms with van der Waals surface area (Å²) in [5, 5.41) is 3.28. The van der Waals surface area contributed by atoms with Gasteiger partial charge >= 0.3 is 0 Å². The standard InChI is InChI=1S/C16H12F2N2O/c17-11-5-6-12-13(9-19-15(12)7-11)16(21)20-8-10-3-1-2-4-14(10)18/h1-7,9,19H,8H2,(H,20,21). The molecule has 5 heteroatoms. The second kappa shape index (κ2) is 5.36. The lowest BCUT2D eigenvalue weighted by atomic mass is 10.1. The van der Waals surface area contributed by atoms with Gasteiger partial charge in [-0.25, -0.2) is 8.78 Å². The zero-order chi connectivity index (χ0) is 14.8. The summed E-state index contributed by atoms with van der Waals surface area (Å²) in [6, 6.07) is 10.4. The Hall–Kier alpha value is -2.69. The molecule has 3 nitrogen and oxygen atoms in total. The van der Waals surface area contributed by atoms with Crippen LogP contribution >= 0.6 is 0 Å². The van der Waals surface area contributed by atoms with E-state index in [1.807, 2.05) is 0 Å². The highest BCUT2D eigenvalue weighted by Gasteiger charge is 2.12. The highest BCUT2D eigenvalue weighted by Crippen LogP contribution is 2.19. The SMILES string of the molecule is O=C(NCc1ccccc1F)c1c[nH]c2cc(F)ccc12. The molecule has 3 aromatic rings. The van der Waals surface area contributed by atoms with Crippen LogP contribution in [0.4, 0.5) is 8.78 Å². The van der Waals surface area contributed by atoms with Crippen molar-refractivity contribution in [3.63, 3.8) is 0 Å². The summed E-state index contributed by atoms with van der Waals surface area (Å²) in [5.41, 5.74) is 1.36. The summed E-state index contributed by atoms with van der Waals surface area (Å²) < 4.78 is 26.6. The van der Waals surface area contributed by atoms with Crippen LogP contribution in [-0.2, 0) is 6.54 Å². The average molecular weight is 286 g/mol. The molecule has 0 saturated carbocycles. The fourth-order valence-electron chi connectivity index (χ4n) is 2.20. The number of hydrogen-bond donors (Lipinski definition) is 2. The molecule has 0 saturated heterocycles. The van der Waals surface area contributed by atoms with Crippen LogP contribution in [0.1, 0.15) is 15.9 Å². The monoisotopic (exact) mass is 286 g/mol. The van der Waals surface area contributed by atoms with Gasteiger partial charge in [-0.2, -0.15) is 0 Å². The number of nitrogens with one attached hydrogen (secondary N) is 2. The van der Waals surface area contributed by atoms with E-state index < -0.39 is 0 Å². The molecule has 0 aliphatic rings. The van der Waals surface area contributed by atoms with E-state index in [1.165, 1.54) is 24.4 Å². The van der Waals surface area contributed by atoms with Crippen LogP contribution in [0.15, 0.2) is 48.7 Å². The molecule has 0 aliphatic heterocycles. The van der Waals surface area contributed by atoms with Crippen molar-refractivity contribution < 1.29 is 13.6 Å². The summed E-state index contributed by atoms with van der Waals surface area (Å²) in [5.74, 6) is -1.07. The Kier molecular flexibility index (Phi) is 3.39. The third-order valence-corrected chi connectivity index (χ3v) is 3.29. The minimum absolute atomic E-state index is 0.0966. The van der Waals surface area contributed by atoms with E-state index in [2.05, 4.69) is 10.3 Å². The number of carbonyl (C=O) groups excluding carboxylic acids is 1. The van der Waals surface area contributed by atoms with Gasteiger partial charge < -0.3 is 10.3 Å². The summed E-state index contributed by atoms with van der Waals surface area (Å²) >= 11 is 0. The Morgan fingerprint density at radius 3 is 2.76 bits per heavy atom. The molecule has 21 heavy (non-hydrogen) atoms. The number of H-pyrrole nitrogens is 1. The van der Waals surface area contributed by atoms with Crippen molar-refractivity contribution in [3.8, 4) is 0 Å². The topological polar surface area (TPSA) is 44.9 Å². The summed E-state index contributed by atoms with van der Waals surface area (Å²) in [6.45, 7) is 0.0966. The van der Waals surface area contributed by atoms with Crippen LogP contribution in [0.5, 0.6) is 0 Å². The number of amides is 1. The minimum atomic E-state index is -0.373. The molecule has 106 valence electrons. The van der Waals surface area contributed by atoms with E-state index >= 15 is 0 Å². The van der Waals surface area contributed by atoms with Crippen LogP contribution in [0.2, 0.25) is 0 Å². The Balaban J connectivity index is 1.80. The van der Waals surface area contributed by atoms with Crippen LogP contribution in [0.25, 0.3) is 10.9 Å². The average Bonchev–Trinajstić information content (AvgIpc) is 2.89. The quantitative estimate of drug-likeness (QED) is 0.761. The molecule has 0 radical (unpaired) electrons. The fourth-order valence-corrected chi connectivity index (χ4v) is 2.20. The molecule has 0 fully saturated rings. The van der Waals surface area contributed by atoms with Crippen LogP contribution in [0, 0.1) is 11.6 Å². The first-order valence-corrected chi connectivity index (χ1v) is 6.43.